The van der Waals surface area contributed by atoms with Gasteiger partial charge in [-0.3, -0.25) is 53.4 Å². The number of ether oxygens (including phenoxy) is 4. The first-order valence-electron chi connectivity index (χ1n) is 43.9. The molecule has 0 spiro atoms. The first-order valence-corrected chi connectivity index (χ1v) is 45.3. The highest BCUT2D eigenvalue weighted by atomic mass is 32.2. The summed E-state index contributed by atoms with van der Waals surface area (Å²) in [5.41, 5.74) is 12.5. The van der Waals surface area contributed by atoms with E-state index in [2.05, 4.69) is 59.7 Å². The van der Waals surface area contributed by atoms with Gasteiger partial charge in [0.1, 0.15) is 76.9 Å². The van der Waals surface area contributed by atoms with Gasteiger partial charge in [-0.15, -0.1) is 0 Å². The van der Waals surface area contributed by atoms with Crippen molar-refractivity contribution >= 4 is 92.9 Å². The number of unbranched alkanes of at least 4 members (excludes halogenated alkanes) is 1. The van der Waals surface area contributed by atoms with E-state index in [1.54, 1.807) is 192 Å². The molecule has 129 heavy (non-hydrogen) atoms. The van der Waals surface area contributed by atoms with Crippen LogP contribution >= 0.6 is 0 Å². The Hall–Kier alpha value is -12.0. The van der Waals surface area contributed by atoms with Gasteiger partial charge in [-0.25, -0.2) is 22.3 Å². The number of alkyl carbamates (subject to hydrolysis) is 1. The standard InChI is InChI=1S/C95H132N14O19S/c1-19-57(4)77(88(119)109(129(123,124)79-59(6)58(5)78-67(60(79)7)54-95(17,18)127-78)75(41-30-46-99-90(97)98)86(117)102-69(89(120)121)40-26-27-45-100-91(122)128-94(14,15)16)107-84(115)72(52-62-34-24-21-25-35-62)104-81(112)70(48-56(2)3)103-83(114)73(53-76(110)126-93(11,12)13)105-82(113)71(51-61-32-22-20-23-33-61)106-85(116)74-42-31-47-108(74)87(118)65-38-28-36-63(49-65)43-44-64-37-29-39-66(50-64)101-80(111)68(96)55-125-92(8,9)10/h20-25,28-29,32-39,49-50,56-57,68-75,77H,19,26-27,30-31,40-42,45-48,51-55,96H2,1-18H3,(H,100,122)(H,101,111)(H,102,117)(H,103,114)(H,104,112)(H,105,113)(H,106,116)(H,107,115)(H,120,121)(H4,97,98,99)/t57-,68-,69-,70-,71-,72-,73-,74-,75-,77-/m0/s1. The van der Waals surface area contributed by atoms with E-state index in [4.69, 9.17) is 35.8 Å². The molecule has 0 aliphatic carbocycles. The molecule has 702 valence electrons. The average Bonchev–Trinajstić information content (AvgIpc) is 1.69. The van der Waals surface area contributed by atoms with Gasteiger partial charge in [0.15, 0.2) is 5.96 Å². The number of sulfonamides is 1. The van der Waals surface area contributed by atoms with Crippen molar-refractivity contribution in [1.29, 1.82) is 5.41 Å². The summed E-state index contributed by atoms with van der Waals surface area (Å²) in [7, 11) is -5.36. The molecule has 0 bridgehead atoms. The summed E-state index contributed by atoms with van der Waals surface area (Å²) in [5.74, 6) is -6.03. The Morgan fingerprint density at radius 1 is 0.636 bits per heavy atom. The van der Waals surface area contributed by atoms with Crippen LogP contribution in [0.4, 0.5) is 10.5 Å². The molecule has 10 atom stereocenters. The highest BCUT2D eigenvalue weighted by Crippen LogP contribution is 2.45. The van der Waals surface area contributed by atoms with Crippen molar-refractivity contribution in [2.24, 2.45) is 23.3 Å². The van der Waals surface area contributed by atoms with E-state index in [-0.39, 0.29) is 112 Å². The van der Waals surface area contributed by atoms with Crippen molar-refractivity contribution in [3.63, 3.8) is 0 Å². The molecule has 15 N–H and O–H groups in total. The van der Waals surface area contributed by atoms with E-state index < -0.39 is 189 Å². The Labute approximate surface area is 757 Å². The number of benzene rings is 5. The van der Waals surface area contributed by atoms with Crippen LogP contribution in [0.5, 0.6) is 5.75 Å². The maximum atomic E-state index is 16.5. The lowest BCUT2D eigenvalue weighted by molar-refractivity contribution is -0.156. The number of guanidine groups is 1. The number of rotatable bonds is 41. The van der Waals surface area contributed by atoms with Gasteiger partial charge in [-0.2, -0.15) is 0 Å². The summed E-state index contributed by atoms with van der Waals surface area (Å²) >= 11 is 0. The molecule has 2 aliphatic heterocycles. The van der Waals surface area contributed by atoms with Gasteiger partial charge >= 0.3 is 18.0 Å². The van der Waals surface area contributed by atoms with Crippen LogP contribution in [0.25, 0.3) is 0 Å². The monoisotopic (exact) mass is 1800 g/mol. The minimum Gasteiger partial charge on any atom is -0.487 e. The lowest BCUT2D eigenvalue weighted by atomic mass is 9.94. The molecular weight excluding hydrogens is 1670 g/mol. The maximum absolute atomic E-state index is 16.5. The zero-order valence-corrected chi connectivity index (χ0v) is 78.3. The Kier molecular flexibility index (Phi) is 37.4. The highest BCUT2D eigenvalue weighted by molar-refractivity contribution is 7.89. The topological polar surface area (TPSA) is 487 Å². The number of nitrogens with zero attached hydrogens (tertiary/aromatic N) is 2. The van der Waals surface area contributed by atoms with E-state index in [0.29, 0.717) is 55.5 Å². The van der Waals surface area contributed by atoms with Gasteiger partial charge in [0.25, 0.3) is 21.8 Å². The van der Waals surface area contributed by atoms with Gasteiger partial charge in [0, 0.05) is 66.8 Å². The number of carbonyl (C=O) groups excluding carboxylic acids is 11. The van der Waals surface area contributed by atoms with Crippen LogP contribution in [0.3, 0.4) is 0 Å². The molecule has 10 amide bonds. The third-order valence-corrected chi connectivity index (χ3v) is 23.7. The second-order valence-electron chi connectivity index (χ2n) is 37.0. The third kappa shape index (κ3) is 31.7. The number of fused-ring (bicyclic) bond motifs is 1. The number of nitrogens with one attached hydrogen (secondary N) is 10. The number of likely N-dealkylation sites (tertiary alicyclic amines) is 1. The second kappa shape index (κ2) is 46.3. The fourth-order valence-electron chi connectivity index (χ4n) is 14.9. The van der Waals surface area contributed by atoms with E-state index in [1.807, 2.05) is 34.6 Å². The Morgan fingerprint density at radius 2 is 1.19 bits per heavy atom. The van der Waals surface area contributed by atoms with Gasteiger partial charge in [-0.05, 0) is 224 Å². The predicted octanol–water partition coefficient (Wildman–Crippen LogP) is 8.26. The number of nitrogens with two attached hydrogens (primary N) is 2. The normalized spacial score (nSPS) is 15.7. The highest BCUT2D eigenvalue weighted by Gasteiger charge is 2.49. The Morgan fingerprint density at radius 3 is 1.77 bits per heavy atom. The minimum atomic E-state index is -5.36. The lowest BCUT2D eigenvalue weighted by Gasteiger charge is -2.36. The van der Waals surface area contributed by atoms with Crippen molar-refractivity contribution < 1.29 is 90.0 Å². The van der Waals surface area contributed by atoms with E-state index >= 15 is 37.2 Å². The minimum absolute atomic E-state index is 0.00546. The van der Waals surface area contributed by atoms with Crippen molar-refractivity contribution in [1.82, 2.24) is 51.7 Å². The molecule has 2 aliphatic rings. The summed E-state index contributed by atoms with van der Waals surface area (Å²) < 4.78 is 56.4. The molecule has 1 saturated heterocycles. The summed E-state index contributed by atoms with van der Waals surface area (Å²) in [5, 5.41) is 43.0. The lowest BCUT2D eigenvalue weighted by Crippen LogP contribution is -2.63. The molecule has 5 aromatic carbocycles. The van der Waals surface area contributed by atoms with Gasteiger partial charge in [0.2, 0.25) is 41.4 Å². The number of carboxylic acid groups (broad SMARTS) is 1. The number of hydrogen-bond donors (Lipinski definition) is 13. The summed E-state index contributed by atoms with van der Waals surface area (Å²) in [6.07, 6.45) is -1.83. The van der Waals surface area contributed by atoms with E-state index in [0.717, 1.165) is 0 Å². The zero-order chi connectivity index (χ0) is 95.8. The average molecular weight is 1810 g/mol. The summed E-state index contributed by atoms with van der Waals surface area (Å²) in [6.45, 7) is 30.6. The Balaban J connectivity index is 1.21. The van der Waals surface area contributed by atoms with Crippen LogP contribution in [-0.2, 0) is 91.4 Å². The predicted molar refractivity (Wildman–Crippen MR) is 488 cm³/mol. The van der Waals surface area contributed by atoms with Crippen LogP contribution in [0.15, 0.2) is 114 Å². The molecule has 0 unspecified atom stereocenters. The molecule has 0 aromatic heterocycles. The van der Waals surface area contributed by atoms with Crippen LogP contribution in [-0.4, -0.2) is 203 Å². The largest absolute Gasteiger partial charge is 0.487 e. The number of carboxylic acids is 1. The number of esters is 1. The second-order valence-corrected chi connectivity index (χ2v) is 38.8. The van der Waals surface area contributed by atoms with Crippen LogP contribution in [0.1, 0.15) is 223 Å². The fraction of sp³-hybridized carbons (Fsp3) is 0.526. The Bertz CT molecular complexity index is 5030. The summed E-state index contributed by atoms with van der Waals surface area (Å²) in [4.78, 5) is 177. The smallest absolute Gasteiger partial charge is 0.407 e. The number of aliphatic carboxylic acids is 1. The number of amides is 10. The molecule has 33 nitrogen and oxygen atoms in total. The first kappa shape index (κ1) is 104. The van der Waals surface area contributed by atoms with Crippen molar-refractivity contribution in [2.75, 3.05) is 31.6 Å². The third-order valence-electron chi connectivity index (χ3n) is 21.6. The fourth-order valence-corrected chi connectivity index (χ4v) is 17.1. The number of anilines is 1. The first-order chi connectivity index (χ1) is 60.3. The summed E-state index contributed by atoms with van der Waals surface area (Å²) in [6, 6.07) is 16.1. The van der Waals surface area contributed by atoms with Gasteiger partial charge in [-0.1, -0.05) is 119 Å². The van der Waals surface area contributed by atoms with Crippen LogP contribution in [0, 0.1) is 49.9 Å². The SMILES string of the molecule is CC[C@H](C)[C@H](NC(=O)[C@H](Cc1ccccc1)NC(=O)[C@H](CC(C)C)NC(=O)[C@H](CC(=O)OC(C)(C)C)NC(=O)[C@H](Cc1ccccc1)NC(=O)[C@@H]1CCCN1C(=O)c1cccc(C#Cc2cccc(NC(=O)[C@@H](N)COC(C)(C)C)c2)c1)C(=O)N([C@@H](CCCNC(=N)N)C(=O)N[C@@H](CCCCNC(=O)OC(C)(C)C)C(=O)O)S(=O)(=O)c1c(C)c(C)c2c(c1C)CC(C)(C)O2. The van der Waals surface area contributed by atoms with Crippen LogP contribution in [0.2, 0.25) is 0 Å². The maximum Gasteiger partial charge on any atom is 0.407 e. The molecular formula is C95H132N14O19S. The molecule has 5 aromatic rings. The van der Waals surface area contributed by atoms with Crippen molar-refractivity contribution in [2.45, 2.75) is 290 Å². The zero-order valence-electron chi connectivity index (χ0n) is 77.5. The molecule has 0 saturated carbocycles. The quantitative estimate of drug-likeness (QED) is 0.00575. The molecule has 0 radical (unpaired) electrons. The van der Waals surface area contributed by atoms with Gasteiger partial charge in [0.05, 0.1) is 23.5 Å². The van der Waals surface area contributed by atoms with Crippen molar-refractivity contribution in [3.05, 3.63) is 159 Å². The van der Waals surface area contributed by atoms with Crippen LogP contribution < -0.4 is 64.1 Å². The number of hydrogen-bond acceptors (Lipinski definition) is 20. The van der Waals surface area contributed by atoms with E-state index in [9.17, 15) is 33.9 Å². The number of carbonyl (C=O) groups is 12. The van der Waals surface area contributed by atoms with E-state index in [1.165, 1.54) is 11.8 Å². The molecule has 2 heterocycles. The molecule has 7 rings (SSSR count). The van der Waals surface area contributed by atoms with Gasteiger partial charge < -0.3 is 88.3 Å². The molecule has 1 fully saturated rings. The molecule has 34 heteroatoms. The van der Waals surface area contributed by atoms with Crippen molar-refractivity contribution in [3.8, 4) is 17.6 Å².